The van der Waals surface area contributed by atoms with Crippen molar-refractivity contribution in [3.05, 3.63) is 113 Å². The van der Waals surface area contributed by atoms with Gasteiger partial charge in [-0.3, -0.25) is 4.79 Å². The van der Waals surface area contributed by atoms with Gasteiger partial charge in [0.05, 0.1) is 11.8 Å². The number of amides is 1. The molecule has 4 aromatic rings. The van der Waals surface area contributed by atoms with Crippen LogP contribution in [0.15, 0.2) is 96.1 Å². The Balaban J connectivity index is 1.35. The van der Waals surface area contributed by atoms with Gasteiger partial charge in [-0.2, -0.15) is 18.3 Å². The van der Waals surface area contributed by atoms with E-state index in [2.05, 4.69) is 10.5 Å². The fourth-order valence-corrected chi connectivity index (χ4v) is 3.27. The summed E-state index contributed by atoms with van der Waals surface area (Å²) in [7, 11) is 0. The molecule has 1 amide bonds. The van der Waals surface area contributed by atoms with Gasteiger partial charge in [0.15, 0.2) is 0 Å². The van der Waals surface area contributed by atoms with Crippen molar-refractivity contribution in [3.63, 3.8) is 0 Å². The smallest absolute Gasteiger partial charge is 0.417 e. The Kier molecular flexibility index (Phi) is 6.40. The lowest BCUT2D eigenvalue weighted by molar-refractivity contribution is -0.137. The summed E-state index contributed by atoms with van der Waals surface area (Å²) in [4.78, 5) is 12.3. The molecule has 0 aliphatic rings. The third-order valence-electron chi connectivity index (χ3n) is 4.98. The lowest BCUT2D eigenvalue weighted by Gasteiger charge is -2.09. The minimum Gasteiger partial charge on any atom is -0.489 e. The van der Waals surface area contributed by atoms with E-state index in [0.29, 0.717) is 12.2 Å². The third kappa shape index (κ3) is 5.57. The number of carbonyl (C=O) groups is 1. The van der Waals surface area contributed by atoms with Gasteiger partial charge < -0.3 is 4.74 Å². The van der Waals surface area contributed by atoms with Gasteiger partial charge in [0.25, 0.3) is 5.91 Å². The van der Waals surface area contributed by atoms with Crippen LogP contribution in [-0.2, 0) is 12.8 Å². The molecule has 0 aromatic heterocycles. The number of hydrogen-bond acceptors (Lipinski definition) is 3. The Hall–Kier alpha value is -4.13. The molecule has 0 unspecified atom stereocenters. The number of hydrogen-bond donors (Lipinski definition) is 1. The second-order valence-electron chi connectivity index (χ2n) is 7.28. The van der Waals surface area contributed by atoms with Crippen molar-refractivity contribution >= 4 is 22.9 Å². The molecule has 166 valence electrons. The molecule has 0 spiro atoms. The molecule has 0 fully saturated rings. The normalized spacial score (nSPS) is 11.6. The van der Waals surface area contributed by atoms with Crippen molar-refractivity contribution in [3.8, 4) is 5.75 Å². The number of alkyl halides is 3. The standard InChI is InChI=1S/C26H19F3N2O2/c27-26(28,29)24-8-4-3-7-22(24)16-30-31-25(32)20-11-9-18(10-12-20)17-33-23-14-13-19-5-1-2-6-21(19)15-23/h1-16H,17H2,(H,31,32). The Labute approximate surface area is 188 Å². The van der Waals surface area contributed by atoms with Gasteiger partial charge in [0.1, 0.15) is 12.4 Å². The van der Waals surface area contributed by atoms with Crippen molar-refractivity contribution in [2.24, 2.45) is 5.10 Å². The van der Waals surface area contributed by atoms with E-state index in [0.717, 1.165) is 34.4 Å². The van der Waals surface area contributed by atoms with Crippen LogP contribution in [0.3, 0.4) is 0 Å². The maximum Gasteiger partial charge on any atom is 0.417 e. The second kappa shape index (κ2) is 9.56. The summed E-state index contributed by atoms with van der Waals surface area (Å²) >= 11 is 0. The highest BCUT2D eigenvalue weighted by Crippen LogP contribution is 2.31. The summed E-state index contributed by atoms with van der Waals surface area (Å²) in [5.41, 5.74) is 2.49. The highest BCUT2D eigenvalue weighted by molar-refractivity contribution is 5.95. The predicted molar refractivity (Wildman–Crippen MR) is 121 cm³/mol. The number of carbonyl (C=O) groups excluding carboxylic acids is 1. The quantitative estimate of drug-likeness (QED) is 0.282. The Morgan fingerprint density at radius 3 is 2.33 bits per heavy atom. The van der Waals surface area contributed by atoms with Gasteiger partial charge in [-0.15, -0.1) is 0 Å². The lowest BCUT2D eigenvalue weighted by Crippen LogP contribution is -2.18. The first-order valence-electron chi connectivity index (χ1n) is 10.1. The number of rotatable bonds is 6. The van der Waals surface area contributed by atoms with Crippen molar-refractivity contribution in [1.29, 1.82) is 0 Å². The maximum absolute atomic E-state index is 13.0. The van der Waals surface area contributed by atoms with E-state index in [4.69, 9.17) is 4.74 Å². The molecule has 0 radical (unpaired) electrons. The number of halogens is 3. The van der Waals surface area contributed by atoms with Gasteiger partial charge >= 0.3 is 6.18 Å². The molecule has 0 bridgehead atoms. The molecule has 33 heavy (non-hydrogen) atoms. The van der Waals surface area contributed by atoms with Gasteiger partial charge in [-0.05, 0) is 46.7 Å². The van der Waals surface area contributed by atoms with E-state index >= 15 is 0 Å². The van der Waals surface area contributed by atoms with Gasteiger partial charge in [-0.1, -0.05) is 60.7 Å². The summed E-state index contributed by atoms with van der Waals surface area (Å²) in [6.45, 7) is 0.326. The highest BCUT2D eigenvalue weighted by Gasteiger charge is 2.32. The molecule has 0 saturated carbocycles. The van der Waals surface area contributed by atoms with Crippen molar-refractivity contribution < 1.29 is 22.7 Å². The van der Waals surface area contributed by atoms with E-state index < -0.39 is 17.6 Å². The lowest BCUT2D eigenvalue weighted by atomic mass is 10.1. The van der Waals surface area contributed by atoms with E-state index in [1.165, 1.54) is 18.2 Å². The van der Waals surface area contributed by atoms with Crippen molar-refractivity contribution in [2.75, 3.05) is 0 Å². The average molecular weight is 448 g/mol. The second-order valence-corrected chi connectivity index (χ2v) is 7.28. The van der Waals surface area contributed by atoms with E-state index in [9.17, 15) is 18.0 Å². The molecule has 4 aromatic carbocycles. The van der Waals surface area contributed by atoms with Crippen LogP contribution in [0.25, 0.3) is 10.8 Å². The predicted octanol–water partition coefficient (Wildman–Crippen LogP) is 6.20. The number of ether oxygens (including phenoxy) is 1. The molecule has 4 rings (SSSR count). The van der Waals surface area contributed by atoms with Gasteiger partial charge in [-0.25, -0.2) is 5.43 Å². The molecular weight excluding hydrogens is 429 g/mol. The fraction of sp³-hybridized carbons (Fsp3) is 0.0769. The summed E-state index contributed by atoms with van der Waals surface area (Å²) in [5.74, 6) is 0.210. The van der Waals surface area contributed by atoms with Crippen LogP contribution in [0.2, 0.25) is 0 Å². The first-order valence-corrected chi connectivity index (χ1v) is 10.1. The Bertz CT molecular complexity index is 1300. The zero-order chi connectivity index (χ0) is 23.3. The molecule has 0 aliphatic carbocycles. The van der Waals surface area contributed by atoms with Crippen molar-refractivity contribution in [2.45, 2.75) is 12.8 Å². The van der Waals surface area contributed by atoms with Crippen LogP contribution in [0.4, 0.5) is 13.2 Å². The topological polar surface area (TPSA) is 50.7 Å². The summed E-state index contributed by atoms with van der Waals surface area (Å²) < 4.78 is 44.9. The zero-order valence-electron chi connectivity index (χ0n) is 17.3. The third-order valence-corrected chi connectivity index (χ3v) is 4.98. The summed E-state index contributed by atoms with van der Waals surface area (Å²) in [5, 5.41) is 5.88. The van der Waals surface area contributed by atoms with E-state index in [1.807, 2.05) is 42.5 Å². The van der Waals surface area contributed by atoms with Crippen LogP contribution in [0, 0.1) is 0 Å². The monoisotopic (exact) mass is 448 g/mol. The minimum atomic E-state index is -4.50. The van der Waals surface area contributed by atoms with Crippen molar-refractivity contribution in [1.82, 2.24) is 5.43 Å². The highest BCUT2D eigenvalue weighted by atomic mass is 19.4. The molecule has 0 heterocycles. The van der Waals surface area contributed by atoms with Gasteiger partial charge in [0, 0.05) is 11.1 Å². The van der Waals surface area contributed by atoms with Crippen LogP contribution >= 0.6 is 0 Å². The molecule has 0 atom stereocenters. The fourth-order valence-electron chi connectivity index (χ4n) is 3.27. The van der Waals surface area contributed by atoms with Crippen LogP contribution < -0.4 is 10.2 Å². The molecule has 0 aliphatic heterocycles. The van der Waals surface area contributed by atoms with Crippen LogP contribution in [0.1, 0.15) is 27.0 Å². The summed E-state index contributed by atoms with van der Waals surface area (Å²) in [6, 6.07) is 25.6. The van der Waals surface area contributed by atoms with Gasteiger partial charge in [0.2, 0.25) is 0 Å². The largest absolute Gasteiger partial charge is 0.489 e. The minimum absolute atomic E-state index is 0.133. The Morgan fingerprint density at radius 2 is 1.58 bits per heavy atom. The number of nitrogens with one attached hydrogen (secondary N) is 1. The maximum atomic E-state index is 13.0. The molecular formula is C26H19F3N2O2. The molecule has 7 heteroatoms. The number of nitrogens with zero attached hydrogens (tertiary/aromatic N) is 1. The molecule has 1 N–H and O–H groups in total. The van der Waals surface area contributed by atoms with Crippen LogP contribution in [-0.4, -0.2) is 12.1 Å². The average Bonchev–Trinajstić information content (AvgIpc) is 2.82. The first-order chi connectivity index (χ1) is 15.9. The number of fused-ring (bicyclic) bond motifs is 1. The first kappa shape index (κ1) is 22.1. The molecule has 0 saturated heterocycles. The van der Waals surface area contributed by atoms with E-state index in [1.54, 1.807) is 24.3 Å². The Morgan fingerprint density at radius 1 is 0.879 bits per heavy atom. The van der Waals surface area contributed by atoms with E-state index in [-0.39, 0.29) is 5.56 Å². The molecule has 4 nitrogen and oxygen atoms in total. The SMILES string of the molecule is O=C(NN=Cc1ccccc1C(F)(F)F)c1ccc(COc2ccc3ccccc3c2)cc1. The number of hydrazone groups is 1. The zero-order valence-corrected chi connectivity index (χ0v) is 17.3. The summed E-state index contributed by atoms with van der Waals surface area (Å²) in [6.07, 6.45) is -3.52. The number of benzene rings is 4. The van der Waals surface area contributed by atoms with Crippen LogP contribution in [0.5, 0.6) is 5.75 Å².